The van der Waals surface area contributed by atoms with E-state index in [-0.39, 0.29) is 11.3 Å². The van der Waals surface area contributed by atoms with Gasteiger partial charge in [0.2, 0.25) is 0 Å². The van der Waals surface area contributed by atoms with Gasteiger partial charge in [-0.25, -0.2) is 0 Å². The molecule has 0 radical (unpaired) electrons. The van der Waals surface area contributed by atoms with Crippen LogP contribution in [0.2, 0.25) is 5.02 Å². The molecule has 7 heteroatoms. The minimum atomic E-state index is -0.503. The lowest BCUT2D eigenvalue weighted by Gasteiger charge is -2.18. The van der Waals surface area contributed by atoms with Crippen molar-refractivity contribution >= 4 is 34.6 Å². The minimum Gasteiger partial charge on any atom is -0.376 e. The monoisotopic (exact) mass is 333 g/mol. The van der Waals surface area contributed by atoms with E-state index in [2.05, 4.69) is 5.32 Å². The van der Waals surface area contributed by atoms with Crippen LogP contribution in [0, 0.1) is 17.0 Å². The zero-order valence-electron chi connectivity index (χ0n) is 13.0. The van der Waals surface area contributed by atoms with Crippen LogP contribution in [-0.4, -0.2) is 24.9 Å². The summed E-state index contributed by atoms with van der Waals surface area (Å²) in [5.74, 6) is -0.420. The van der Waals surface area contributed by atoms with Gasteiger partial charge in [0.05, 0.1) is 16.3 Å². The summed E-state index contributed by atoms with van der Waals surface area (Å²) in [6.45, 7) is 1.55. The minimum absolute atomic E-state index is 0.0865. The normalized spacial score (nSPS) is 10.3. The van der Waals surface area contributed by atoms with E-state index in [4.69, 9.17) is 11.6 Å². The van der Waals surface area contributed by atoms with Crippen molar-refractivity contribution in [3.8, 4) is 0 Å². The maximum absolute atomic E-state index is 12.5. The van der Waals surface area contributed by atoms with E-state index in [1.165, 1.54) is 12.1 Å². The summed E-state index contributed by atoms with van der Waals surface area (Å²) in [6, 6.07) is 9.57. The number of anilines is 2. The van der Waals surface area contributed by atoms with E-state index in [1.807, 2.05) is 19.0 Å². The van der Waals surface area contributed by atoms with E-state index in [0.717, 1.165) is 5.69 Å². The zero-order valence-corrected chi connectivity index (χ0v) is 13.7. The lowest BCUT2D eigenvalue weighted by Crippen LogP contribution is -2.17. The number of halogens is 1. The number of nitro benzene ring substituents is 1. The topological polar surface area (TPSA) is 75.5 Å². The molecule has 0 bridgehead atoms. The van der Waals surface area contributed by atoms with Crippen LogP contribution in [0.1, 0.15) is 15.9 Å². The Morgan fingerprint density at radius 3 is 2.57 bits per heavy atom. The third kappa shape index (κ3) is 3.60. The summed E-state index contributed by atoms with van der Waals surface area (Å²) < 4.78 is 0. The number of amides is 1. The first kappa shape index (κ1) is 16.8. The molecular weight excluding hydrogens is 318 g/mol. The predicted molar refractivity (Wildman–Crippen MR) is 91.6 cm³/mol. The first-order valence-electron chi connectivity index (χ1n) is 6.83. The van der Waals surface area contributed by atoms with Crippen molar-refractivity contribution in [2.24, 2.45) is 0 Å². The van der Waals surface area contributed by atoms with E-state index < -0.39 is 10.8 Å². The van der Waals surface area contributed by atoms with Crippen LogP contribution in [0.3, 0.4) is 0 Å². The Labute approximate surface area is 138 Å². The van der Waals surface area contributed by atoms with Crippen molar-refractivity contribution in [1.29, 1.82) is 0 Å². The van der Waals surface area contributed by atoms with Crippen LogP contribution in [0.4, 0.5) is 17.1 Å². The van der Waals surface area contributed by atoms with Crippen molar-refractivity contribution in [3.05, 3.63) is 62.7 Å². The Bertz CT molecular complexity index is 775. The molecule has 0 fully saturated rings. The fourth-order valence-corrected chi connectivity index (χ4v) is 2.43. The molecule has 0 atom stereocenters. The Morgan fingerprint density at radius 1 is 1.26 bits per heavy atom. The molecule has 1 N–H and O–H groups in total. The van der Waals surface area contributed by atoms with Gasteiger partial charge >= 0.3 is 0 Å². The summed E-state index contributed by atoms with van der Waals surface area (Å²) in [4.78, 5) is 24.8. The standard InChI is InChI=1S/C16H16ClN3O3/c1-10-12(5-4-6-14(10)20(22)23)16(21)18-13-9-11(17)7-8-15(13)19(2)3/h4-9H,1-3H3,(H,18,21). The molecule has 1 amide bonds. The van der Waals surface area contributed by atoms with Gasteiger partial charge in [-0.2, -0.15) is 0 Å². The number of nitrogens with one attached hydrogen (secondary N) is 1. The average molecular weight is 334 g/mol. The van der Waals surface area contributed by atoms with Gasteiger partial charge in [0, 0.05) is 36.3 Å². The van der Waals surface area contributed by atoms with Gasteiger partial charge in [0.1, 0.15) is 0 Å². The Morgan fingerprint density at radius 2 is 1.96 bits per heavy atom. The third-order valence-corrected chi connectivity index (χ3v) is 3.67. The number of hydrogen-bond donors (Lipinski definition) is 1. The van der Waals surface area contributed by atoms with Crippen LogP contribution < -0.4 is 10.2 Å². The predicted octanol–water partition coefficient (Wildman–Crippen LogP) is 3.87. The molecule has 0 unspecified atom stereocenters. The molecule has 0 aliphatic rings. The molecule has 23 heavy (non-hydrogen) atoms. The summed E-state index contributed by atoms with van der Waals surface area (Å²) in [6.07, 6.45) is 0. The van der Waals surface area contributed by atoms with Gasteiger partial charge in [-0.15, -0.1) is 0 Å². The molecule has 0 aliphatic carbocycles. The van der Waals surface area contributed by atoms with Gasteiger partial charge in [-0.05, 0) is 31.2 Å². The van der Waals surface area contributed by atoms with Crippen LogP contribution in [0.5, 0.6) is 0 Å². The highest BCUT2D eigenvalue weighted by molar-refractivity contribution is 6.31. The number of benzene rings is 2. The molecule has 0 aliphatic heterocycles. The molecule has 6 nitrogen and oxygen atoms in total. The van der Waals surface area contributed by atoms with E-state index in [9.17, 15) is 14.9 Å². The Kier molecular flexibility index (Phi) is 4.86. The molecule has 2 rings (SSSR count). The summed E-state index contributed by atoms with van der Waals surface area (Å²) >= 11 is 5.99. The maximum Gasteiger partial charge on any atom is 0.273 e. The van der Waals surface area contributed by atoms with Gasteiger partial charge in [-0.3, -0.25) is 14.9 Å². The van der Waals surface area contributed by atoms with Crippen LogP contribution in [0.25, 0.3) is 0 Å². The van der Waals surface area contributed by atoms with Crippen molar-refractivity contribution in [3.63, 3.8) is 0 Å². The number of rotatable bonds is 4. The van der Waals surface area contributed by atoms with Crippen molar-refractivity contribution in [2.45, 2.75) is 6.92 Å². The van der Waals surface area contributed by atoms with Crippen LogP contribution >= 0.6 is 11.6 Å². The second kappa shape index (κ2) is 6.66. The fourth-order valence-electron chi connectivity index (χ4n) is 2.26. The van der Waals surface area contributed by atoms with Gasteiger partial charge < -0.3 is 10.2 Å². The molecule has 2 aromatic carbocycles. The van der Waals surface area contributed by atoms with E-state index in [1.54, 1.807) is 31.2 Å². The van der Waals surface area contributed by atoms with Gasteiger partial charge in [0.25, 0.3) is 11.6 Å². The number of carbonyl (C=O) groups excluding carboxylic acids is 1. The lowest BCUT2D eigenvalue weighted by molar-refractivity contribution is -0.385. The second-order valence-electron chi connectivity index (χ2n) is 5.22. The van der Waals surface area contributed by atoms with E-state index >= 15 is 0 Å². The molecule has 0 heterocycles. The molecular formula is C16H16ClN3O3. The Hall–Kier alpha value is -2.60. The molecule has 120 valence electrons. The summed E-state index contributed by atoms with van der Waals surface area (Å²) in [5.41, 5.74) is 1.81. The fraction of sp³-hybridized carbons (Fsp3) is 0.188. The molecule has 0 spiro atoms. The van der Waals surface area contributed by atoms with Gasteiger partial charge in [0.15, 0.2) is 0 Å². The number of nitrogens with zero attached hydrogens (tertiary/aromatic N) is 2. The molecule has 2 aromatic rings. The summed E-state index contributed by atoms with van der Waals surface area (Å²) in [5, 5.41) is 14.2. The second-order valence-corrected chi connectivity index (χ2v) is 5.65. The first-order chi connectivity index (χ1) is 10.8. The highest BCUT2D eigenvalue weighted by atomic mass is 35.5. The SMILES string of the molecule is Cc1c(C(=O)Nc2cc(Cl)ccc2N(C)C)cccc1[N+](=O)[O-]. The van der Waals surface area contributed by atoms with Crippen LogP contribution in [0.15, 0.2) is 36.4 Å². The third-order valence-electron chi connectivity index (χ3n) is 3.44. The Balaban J connectivity index is 2.39. The van der Waals surface area contributed by atoms with Crippen LogP contribution in [-0.2, 0) is 0 Å². The quantitative estimate of drug-likeness (QED) is 0.680. The molecule has 0 aromatic heterocycles. The van der Waals surface area contributed by atoms with Gasteiger partial charge in [-0.1, -0.05) is 17.7 Å². The van der Waals surface area contributed by atoms with Crippen molar-refractivity contribution in [2.75, 3.05) is 24.3 Å². The van der Waals surface area contributed by atoms with Crippen molar-refractivity contribution < 1.29 is 9.72 Å². The molecule has 0 saturated carbocycles. The highest BCUT2D eigenvalue weighted by Crippen LogP contribution is 2.29. The highest BCUT2D eigenvalue weighted by Gasteiger charge is 2.19. The number of nitro groups is 1. The largest absolute Gasteiger partial charge is 0.376 e. The van der Waals surface area contributed by atoms with E-state index in [0.29, 0.717) is 16.3 Å². The summed E-state index contributed by atoms with van der Waals surface area (Å²) in [7, 11) is 3.69. The van der Waals surface area contributed by atoms with Crippen molar-refractivity contribution in [1.82, 2.24) is 0 Å². The maximum atomic E-state index is 12.5. The lowest BCUT2D eigenvalue weighted by atomic mass is 10.1. The first-order valence-corrected chi connectivity index (χ1v) is 7.21. The smallest absolute Gasteiger partial charge is 0.273 e. The average Bonchev–Trinajstić information content (AvgIpc) is 2.46. The number of hydrogen-bond acceptors (Lipinski definition) is 4. The molecule has 0 saturated heterocycles. The zero-order chi connectivity index (χ0) is 17.1. The number of carbonyl (C=O) groups is 1.